The monoisotopic (exact) mass is 1030 g/mol. The number of anilines is 1. The number of amides is 2. The molecular formula is C49H45IN8O6S2. The zero-order valence-electron chi connectivity index (χ0n) is 36.2. The number of halogens is 1. The number of aromatic nitrogens is 4. The quantitative estimate of drug-likeness (QED) is 0.0279. The summed E-state index contributed by atoms with van der Waals surface area (Å²) < 4.78 is 14.9. The average Bonchev–Trinajstić information content (AvgIpc) is 3.98. The second-order valence-electron chi connectivity index (χ2n) is 15.2. The molecule has 336 valence electrons. The lowest BCUT2D eigenvalue weighted by Gasteiger charge is -2.49. The highest BCUT2D eigenvalue weighted by atomic mass is 127. The number of methoxy groups -OCH3 is 1. The predicted molar refractivity (Wildman–Crippen MR) is 249 cm³/mol. The number of aryl methyl sites for hydroxylation is 1. The highest BCUT2D eigenvalue weighted by molar-refractivity contribution is 8.00. The summed E-state index contributed by atoms with van der Waals surface area (Å²) in [5.74, 6) is -0.725. The van der Waals surface area contributed by atoms with Crippen LogP contribution in [-0.2, 0) is 49.2 Å². The fourth-order valence-corrected chi connectivity index (χ4v) is 10.4. The van der Waals surface area contributed by atoms with Crippen LogP contribution in [0.2, 0.25) is 0 Å². The number of hydrogen-bond donors (Lipinski definition) is 2. The van der Waals surface area contributed by atoms with Crippen LogP contribution in [0.25, 0.3) is 11.0 Å². The Kier molecular flexibility index (Phi) is 14.1. The van der Waals surface area contributed by atoms with Gasteiger partial charge in [-0.2, -0.15) is 0 Å². The van der Waals surface area contributed by atoms with Crippen LogP contribution in [-0.4, -0.2) is 74.7 Å². The number of thioether (sulfide) groups is 1. The minimum atomic E-state index is -0.980. The zero-order chi connectivity index (χ0) is 44.9. The number of carbonyl (C=O) groups is 3. The molecule has 4 heterocycles. The molecule has 0 radical (unpaired) electrons. The van der Waals surface area contributed by atoms with Gasteiger partial charge in [-0.25, -0.2) is 9.78 Å². The van der Waals surface area contributed by atoms with Gasteiger partial charge in [0.15, 0.2) is 21.9 Å². The minimum absolute atomic E-state index is 0. The Morgan fingerprint density at radius 2 is 1.48 bits per heavy atom. The molecule has 0 spiro atoms. The maximum Gasteiger partial charge on any atom is 0.355 e. The van der Waals surface area contributed by atoms with Crippen LogP contribution in [0.4, 0.5) is 5.13 Å². The van der Waals surface area contributed by atoms with Gasteiger partial charge in [0, 0.05) is 16.7 Å². The van der Waals surface area contributed by atoms with E-state index in [1.54, 1.807) is 24.6 Å². The summed E-state index contributed by atoms with van der Waals surface area (Å²) in [6, 6.07) is 44.4. The molecule has 5 aromatic carbocycles. The van der Waals surface area contributed by atoms with Crippen LogP contribution in [0, 0.1) is 0 Å². The number of ether oxygens (including phenoxy) is 2. The molecule has 9 rings (SSSR count). The molecule has 2 aliphatic heterocycles. The van der Waals surface area contributed by atoms with Crippen LogP contribution < -0.4 is 44.0 Å². The van der Waals surface area contributed by atoms with Gasteiger partial charge in [-0.05, 0) is 53.4 Å². The summed E-state index contributed by atoms with van der Waals surface area (Å²) in [5, 5.41) is 17.2. The van der Waals surface area contributed by atoms with Crippen LogP contribution in [0.1, 0.15) is 34.9 Å². The largest absolute Gasteiger partial charge is 1.00 e. The van der Waals surface area contributed by atoms with E-state index in [0.29, 0.717) is 28.8 Å². The molecule has 0 saturated carbocycles. The Balaban J connectivity index is 0.00000592. The van der Waals surface area contributed by atoms with E-state index in [1.807, 2.05) is 107 Å². The van der Waals surface area contributed by atoms with E-state index in [9.17, 15) is 14.4 Å². The number of β-lactam (4-membered cyclic amide) rings is 1. The third-order valence-corrected chi connectivity index (χ3v) is 13.5. The van der Waals surface area contributed by atoms with Gasteiger partial charge in [0.1, 0.15) is 60.9 Å². The third kappa shape index (κ3) is 8.89. The number of nitrogens with one attached hydrogen (secondary N) is 2. The molecule has 2 aliphatic rings. The Morgan fingerprint density at radius 1 is 0.864 bits per heavy atom. The van der Waals surface area contributed by atoms with Crippen molar-refractivity contribution in [2.75, 3.05) is 25.3 Å². The molecule has 0 bridgehead atoms. The first-order valence-corrected chi connectivity index (χ1v) is 22.9. The van der Waals surface area contributed by atoms with Gasteiger partial charge in [0.05, 0.1) is 12.3 Å². The molecule has 7 aromatic rings. The van der Waals surface area contributed by atoms with Crippen molar-refractivity contribution in [3.63, 3.8) is 0 Å². The van der Waals surface area contributed by atoms with Gasteiger partial charge in [0.25, 0.3) is 11.8 Å². The van der Waals surface area contributed by atoms with Gasteiger partial charge in [0.2, 0.25) is 0 Å². The van der Waals surface area contributed by atoms with Crippen molar-refractivity contribution in [2.24, 2.45) is 5.16 Å². The van der Waals surface area contributed by atoms with Crippen molar-refractivity contribution in [2.45, 2.75) is 43.6 Å². The zero-order valence-corrected chi connectivity index (χ0v) is 40.0. The Bertz CT molecular complexity index is 2820. The lowest BCUT2D eigenvalue weighted by molar-refractivity contribution is -0.725. The molecule has 1 saturated heterocycles. The molecule has 0 aliphatic carbocycles. The van der Waals surface area contributed by atoms with Crippen LogP contribution >= 0.6 is 23.1 Å². The highest BCUT2D eigenvalue weighted by Crippen LogP contribution is 2.42. The molecule has 14 nitrogen and oxygen atoms in total. The smallest absolute Gasteiger partial charge is 0.355 e. The van der Waals surface area contributed by atoms with E-state index in [2.05, 4.69) is 52.2 Å². The van der Waals surface area contributed by atoms with Crippen molar-refractivity contribution in [3.8, 4) is 5.75 Å². The number of para-hydroxylation sites is 2. The number of rotatable bonds is 16. The van der Waals surface area contributed by atoms with Gasteiger partial charge < -0.3 is 48.9 Å². The van der Waals surface area contributed by atoms with Crippen LogP contribution in [0.5, 0.6) is 5.75 Å². The van der Waals surface area contributed by atoms with E-state index < -0.39 is 34.7 Å². The average molecular weight is 1030 g/mol. The molecule has 2 N–H and O–H groups in total. The van der Waals surface area contributed by atoms with E-state index in [-0.39, 0.29) is 54.2 Å². The van der Waals surface area contributed by atoms with Crippen molar-refractivity contribution in [1.82, 2.24) is 25.1 Å². The molecule has 66 heavy (non-hydrogen) atoms. The number of nitrogens with zero attached hydrogens (tertiary/aromatic N) is 6. The van der Waals surface area contributed by atoms with Gasteiger partial charge in [-0.3, -0.25) is 14.5 Å². The van der Waals surface area contributed by atoms with E-state index in [1.165, 1.54) is 35.1 Å². The van der Waals surface area contributed by atoms with Crippen LogP contribution in [0.15, 0.2) is 161 Å². The molecule has 2 atom stereocenters. The highest BCUT2D eigenvalue weighted by Gasteiger charge is 2.55. The molecule has 17 heteroatoms. The summed E-state index contributed by atoms with van der Waals surface area (Å²) in [6.45, 7) is 2.88. The second-order valence-corrected chi connectivity index (χ2v) is 17.2. The number of carbonyl (C=O) groups excluding carboxylic acids is 3. The summed E-state index contributed by atoms with van der Waals surface area (Å²) in [7, 11) is 2.93. The molecule has 2 amide bonds. The predicted octanol–water partition coefficient (Wildman–Crippen LogP) is 3.66. The normalized spacial score (nSPS) is 15.9. The summed E-state index contributed by atoms with van der Waals surface area (Å²) >= 11 is 2.76. The number of thiazole rings is 1. The minimum Gasteiger partial charge on any atom is -1.00 e. The van der Waals surface area contributed by atoms with Crippen molar-refractivity contribution >= 4 is 62.8 Å². The SMILES string of the molecule is CCn1n[n+](CC2=C(C(=O)OCc3ccc(OC)cc3)N3C(=O)[C@@H](NC(=O)/C(=N\OC)c4csc(NC(c5ccccc5)(c5ccccc5)c5ccccc5)n4)[C@H]3SC2)c2ccccc21.[I-]. The third-order valence-electron chi connectivity index (χ3n) is 11.4. The number of esters is 1. The number of oxime groups is 1. The van der Waals surface area contributed by atoms with Gasteiger partial charge >= 0.3 is 5.97 Å². The lowest BCUT2D eigenvalue weighted by atomic mass is 9.77. The summed E-state index contributed by atoms with van der Waals surface area (Å²) in [5.41, 5.74) is 5.63. The van der Waals surface area contributed by atoms with E-state index in [0.717, 1.165) is 33.3 Å². The van der Waals surface area contributed by atoms with Crippen molar-refractivity contribution in [1.29, 1.82) is 0 Å². The number of fused-ring (bicyclic) bond motifs is 2. The standard InChI is InChI=1S/C49H44N8O6S2.HI/c1-4-55-39-22-14-15-23-40(39)56(54-55)28-33-30-64-46-42(45(59)57(46)43(33)47(60)63-29-32-24-26-37(61-2)27-25-32)51-44(58)41(53-62-3)38-31-65-48(50-38)52-49(34-16-8-5-9-17-34,35-18-10-6-11-19-35)36-20-12-7-13-21-36;/h5-27,31,42,46H,4,28-30H2,1-3H3,(H-,50,51,52,58);1H/b53-41-;/t42-,46-;/m1./s1. The fraction of sp³-hybridized carbons (Fsp3) is 0.204. The first-order valence-electron chi connectivity index (χ1n) is 21.0. The Labute approximate surface area is 406 Å². The topological polar surface area (TPSA) is 153 Å². The molecule has 0 unspecified atom stereocenters. The molecular weight excluding hydrogens is 988 g/mol. The first-order chi connectivity index (χ1) is 31.8. The van der Waals surface area contributed by atoms with Gasteiger partial charge in [-0.15, -0.1) is 32.5 Å². The Morgan fingerprint density at radius 3 is 2.09 bits per heavy atom. The molecule has 1 fully saturated rings. The second kappa shape index (κ2) is 20.3. The van der Waals surface area contributed by atoms with E-state index in [4.69, 9.17) is 24.5 Å². The molecule has 2 aromatic heterocycles. The number of hydrogen-bond acceptors (Lipinski definition) is 12. The summed E-state index contributed by atoms with van der Waals surface area (Å²) in [4.78, 5) is 54.1. The maximum absolute atomic E-state index is 14.3. The van der Waals surface area contributed by atoms with E-state index >= 15 is 0 Å². The maximum atomic E-state index is 14.3. The van der Waals surface area contributed by atoms with Gasteiger partial charge in [-0.1, -0.05) is 120 Å². The summed E-state index contributed by atoms with van der Waals surface area (Å²) in [6.07, 6.45) is 0. The van der Waals surface area contributed by atoms with Crippen molar-refractivity contribution in [3.05, 3.63) is 184 Å². The lowest BCUT2D eigenvalue weighted by Crippen LogP contribution is -3.00. The van der Waals surface area contributed by atoms with Crippen LogP contribution in [0.3, 0.4) is 0 Å². The first kappa shape index (κ1) is 46.0. The fourth-order valence-electron chi connectivity index (χ4n) is 8.28. The Hall–Kier alpha value is -6.57. The van der Waals surface area contributed by atoms with Crippen molar-refractivity contribution < 1.29 is 57.4 Å². The number of benzene rings is 5.